The van der Waals surface area contributed by atoms with Crippen LogP contribution in [-0.2, 0) is 7.05 Å². The largest absolute Gasteiger partial charge is 0.370 e. The van der Waals surface area contributed by atoms with Gasteiger partial charge in [0.1, 0.15) is 23.1 Å². The standard InChI is InChI=1S/C29H34FN5O/c1-19-13-21(30)15-25(14-19)35(18-20-5-4-6-20)24-10-8-23(9-11-24)33(2)27-16-28(36)34(3)26-12-7-22(17-31)32-29(26)27/h7,12-16,20,23-24H,4-6,8-11,18H2,1-3H3/t23-,24+. The Morgan fingerprint density at radius 3 is 2.44 bits per heavy atom. The second-order valence-electron chi connectivity index (χ2n) is 10.6. The molecular formula is C29H34FN5O. The highest BCUT2D eigenvalue weighted by molar-refractivity contribution is 5.88. The normalized spacial score (nSPS) is 20.1. The molecule has 0 saturated heterocycles. The molecule has 188 valence electrons. The summed E-state index contributed by atoms with van der Waals surface area (Å²) in [5, 5.41) is 9.37. The molecule has 0 atom stereocenters. The quantitative estimate of drug-likeness (QED) is 0.472. The lowest BCUT2D eigenvalue weighted by Gasteiger charge is -2.44. The van der Waals surface area contributed by atoms with E-state index in [9.17, 15) is 14.4 Å². The molecule has 0 radical (unpaired) electrons. The number of aromatic nitrogens is 2. The topological polar surface area (TPSA) is 65.2 Å². The van der Waals surface area contributed by atoms with Crippen molar-refractivity contribution in [2.75, 3.05) is 23.4 Å². The van der Waals surface area contributed by atoms with Crippen molar-refractivity contribution in [1.29, 1.82) is 5.26 Å². The van der Waals surface area contributed by atoms with Crippen LogP contribution in [0.25, 0.3) is 11.0 Å². The Balaban J connectivity index is 1.38. The van der Waals surface area contributed by atoms with Crippen LogP contribution in [0.5, 0.6) is 0 Å². The number of nitrogens with zero attached hydrogens (tertiary/aromatic N) is 5. The van der Waals surface area contributed by atoms with Crippen molar-refractivity contribution < 1.29 is 4.39 Å². The Bertz CT molecular complexity index is 1340. The molecule has 1 aromatic carbocycles. The van der Waals surface area contributed by atoms with E-state index in [-0.39, 0.29) is 17.4 Å². The van der Waals surface area contributed by atoms with Gasteiger partial charge in [0.15, 0.2) is 0 Å². The summed E-state index contributed by atoms with van der Waals surface area (Å²) in [6.07, 6.45) is 7.79. The number of rotatable bonds is 6. The Morgan fingerprint density at radius 2 is 1.81 bits per heavy atom. The summed E-state index contributed by atoms with van der Waals surface area (Å²) in [6, 6.07) is 13.3. The van der Waals surface area contributed by atoms with Gasteiger partial charge in [-0.15, -0.1) is 0 Å². The molecule has 0 N–H and O–H groups in total. The summed E-state index contributed by atoms with van der Waals surface area (Å²) in [4.78, 5) is 21.9. The van der Waals surface area contributed by atoms with Crippen LogP contribution in [0.3, 0.4) is 0 Å². The molecule has 0 amide bonds. The van der Waals surface area contributed by atoms with Gasteiger partial charge in [-0.1, -0.05) is 6.42 Å². The molecule has 0 aliphatic heterocycles. The first-order chi connectivity index (χ1) is 17.3. The van der Waals surface area contributed by atoms with Gasteiger partial charge < -0.3 is 14.4 Å². The van der Waals surface area contributed by atoms with Crippen LogP contribution in [0.4, 0.5) is 15.8 Å². The van der Waals surface area contributed by atoms with Crippen molar-refractivity contribution in [2.24, 2.45) is 13.0 Å². The van der Waals surface area contributed by atoms with Crippen molar-refractivity contribution >= 4 is 22.4 Å². The molecule has 6 nitrogen and oxygen atoms in total. The molecule has 0 unspecified atom stereocenters. The third-order valence-electron chi connectivity index (χ3n) is 8.26. The minimum atomic E-state index is -0.168. The summed E-state index contributed by atoms with van der Waals surface area (Å²) >= 11 is 0. The molecule has 2 fully saturated rings. The molecule has 3 aromatic rings. The van der Waals surface area contributed by atoms with Gasteiger partial charge in [-0.3, -0.25) is 4.79 Å². The Kier molecular flexibility index (Phi) is 6.70. The van der Waals surface area contributed by atoms with E-state index in [1.165, 1.54) is 19.3 Å². The lowest BCUT2D eigenvalue weighted by molar-refractivity contribution is 0.290. The number of fused-ring (bicyclic) bond motifs is 1. The van der Waals surface area contributed by atoms with E-state index in [1.807, 2.05) is 14.0 Å². The third kappa shape index (κ3) is 4.69. The van der Waals surface area contributed by atoms with Crippen LogP contribution < -0.4 is 15.4 Å². The fraction of sp³-hybridized carbons (Fsp3) is 0.483. The smallest absolute Gasteiger partial charge is 0.252 e. The zero-order valence-corrected chi connectivity index (χ0v) is 21.4. The maximum atomic E-state index is 14.3. The molecule has 0 bridgehead atoms. The molecule has 2 saturated carbocycles. The first kappa shape index (κ1) is 24.3. The number of anilines is 2. The van der Waals surface area contributed by atoms with Gasteiger partial charge in [-0.25, -0.2) is 9.37 Å². The van der Waals surface area contributed by atoms with Crippen molar-refractivity contribution in [3.8, 4) is 6.07 Å². The van der Waals surface area contributed by atoms with Crippen molar-refractivity contribution in [3.63, 3.8) is 0 Å². The monoisotopic (exact) mass is 487 g/mol. The Labute approximate surface area is 212 Å². The van der Waals surface area contributed by atoms with E-state index in [1.54, 1.807) is 41.9 Å². The number of benzene rings is 1. The molecule has 2 aromatic heterocycles. The van der Waals surface area contributed by atoms with E-state index < -0.39 is 0 Å². The highest BCUT2D eigenvalue weighted by atomic mass is 19.1. The van der Waals surface area contributed by atoms with Gasteiger partial charge in [0, 0.05) is 44.5 Å². The first-order valence-corrected chi connectivity index (χ1v) is 13.0. The maximum absolute atomic E-state index is 14.3. The van der Waals surface area contributed by atoms with Crippen molar-refractivity contribution in [2.45, 2.75) is 64.0 Å². The minimum Gasteiger partial charge on any atom is -0.370 e. The van der Waals surface area contributed by atoms with Gasteiger partial charge in [0.05, 0.1) is 11.2 Å². The lowest BCUT2D eigenvalue weighted by Crippen LogP contribution is -2.46. The second-order valence-corrected chi connectivity index (χ2v) is 10.6. The van der Waals surface area contributed by atoms with Gasteiger partial charge in [-0.05, 0) is 87.3 Å². The lowest BCUT2D eigenvalue weighted by atomic mass is 9.83. The van der Waals surface area contributed by atoms with Crippen molar-refractivity contribution in [1.82, 2.24) is 9.55 Å². The molecule has 0 spiro atoms. The van der Waals surface area contributed by atoms with Gasteiger partial charge in [-0.2, -0.15) is 5.26 Å². The van der Waals surface area contributed by atoms with Crippen LogP contribution in [0.2, 0.25) is 0 Å². The summed E-state index contributed by atoms with van der Waals surface area (Å²) in [5.74, 6) is 0.528. The third-order valence-corrected chi connectivity index (χ3v) is 8.26. The molecule has 5 rings (SSSR count). The molecule has 2 aliphatic carbocycles. The minimum absolute atomic E-state index is 0.0855. The van der Waals surface area contributed by atoms with Crippen LogP contribution in [0, 0.1) is 30.0 Å². The number of hydrogen-bond donors (Lipinski definition) is 0. The van der Waals surface area contributed by atoms with Gasteiger partial charge in [0.25, 0.3) is 5.56 Å². The maximum Gasteiger partial charge on any atom is 0.252 e. The average Bonchev–Trinajstić information content (AvgIpc) is 2.84. The average molecular weight is 488 g/mol. The van der Waals surface area contributed by atoms with E-state index in [0.717, 1.165) is 54.7 Å². The highest BCUT2D eigenvalue weighted by Crippen LogP contribution is 2.36. The summed E-state index contributed by atoms with van der Waals surface area (Å²) in [6.45, 7) is 2.95. The highest BCUT2D eigenvalue weighted by Gasteiger charge is 2.32. The Hall–Kier alpha value is -3.40. The zero-order valence-electron chi connectivity index (χ0n) is 21.4. The predicted octanol–water partition coefficient (Wildman–Crippen LogP) is 5.31. The molecular weight excluding hydrogens is 453 g/mol. The molecule has 2 aliphatic rings. The molecule has 36 heavy (non-hydrogen) atoms. The number of halogens is 1. The number of nitriles is 1. The summed E-state index contributed by atoms with van der Waals surface area (Å²) < 4.78 is 15.9. The molecule has 2 heterocycles. The van der Waals surface area contributed by atoms with E-state index in [4.69, 9.17) is 0 Å². The zero-order chi connectivity index (χ0) is 25.4. The van der Waals surface area contributed by atoms with Crippen LogP contribution in [-0.4, -0.2) is 35.2 Å². The SMILES string of the molecule is Cc1cc(F)cc(N(CC2CCC2)[C@H]2CC[C@@H](N(C)c3cc(=O)n(C)c4ccc(C#N)nc34)CC2)c1. The van der Waals surface area contributed by atoms with E-state index in [2.05, 4.69) is 26.9 Å². The fourth-order valence-electron chi connectivity index (χ4n) is 5.90. The fourth-order valence-corrected chi connectivity index (χ4v) is 5.90. The van der Waals surface area contributed by atoms with E-state index in [0.29, 0.717) is 23.2 Å². The molecule has 7 heteroatoms. The number of pyridine rings is 2. The number of hydrogen-bond acceptors (Lipinski definition) is 5. The van der Waals surface area contributed by atoms with Crippen LogP contribution in [0.15, 0.2) is 41.2 Å². The Morgan fingerprint density at radius 1 is 1.08 bits per heavy atom. The van der Waals surface area contributed by atoms with Crippen molar-refractivity contribution in [3.05, 3.63) is 63.8 Å². The number of aryl methyl sites for hydroxylation is 2. The first-order valence-electron chi connectivity index (χ1n) is 13.0. The summed E-state index contributed by atoms with van der Waals surface area (Å²) in [7, 11) is 3.76. The van der Waals surface area contributed by atoms with E-state index >= 15 is 0 Å². The van der Waals surface area contributed by atoms with Gasteiger partial charge in [0.2, 0.25) is 0 Å². The second kappa shape index (κ2) is 9.93. The van der Waals surface area contributed by atoms with Crippen LogP contribution >= 0.6 is 0 Å². The van der Waals surface area contributed by atoms with Gasteiger partial charge >= 0.3 is 0 Å². The van der Waals surface area contributed by atoms with Crippen LogP contribution in [0.1, 0.15) is 56.2 Å². The predicted molar refractivity (Wildman–Crippen MR) is 142 cm³/mol. The summed E-state index contributed by atoms with van der Waals surface area (Å²) in [5.41, 5.74) is 4.41.